The van der Waals surface area contributed by atoms with Gasteiger partial charge in [0.25, 0.3) is 0 Å². The first-order chi connectivity index (χ1) is 7.76. The zero-order valence-corrected chi connectivity index (χ0v) is 16.1. The normalized spacial score (nSPS) is 9.44. The third-order valence-corrected chi connectivity index (χ3v) is 3.43. The van der Waals surface area contributed by atoms with Crippen molar-refractivity contribution in [3.8, 4) is 0 Å². The Balaban J connectivity index is 0.000000606. The summed E-state index contributed by atoms with van der Waals surface area (Å²) in [5.41, 5.74) is 2.11. The van der Waals surface area contributed by atoms with Gasteiger partial charge in [-0.2, -0.15) is 0 Å². The molecule has 2 N–H and O–H groups in total. The molecule has 16 heavy (non-hydrogen) atoms. The van der Waals surface area contributed by atoms with E-state index in [1.165, 1.54) is 0 Å². The van der Waals surface area contributed by atoms with Gasteiger partial charge in [-0.1, -0.05) is 13.8 Å². The predicted octanol–water partition coefficient (Wildman–Crippen LogP) is 2.32. The Morgan fingerprint density at radius 2 is 2.06 bits per heavy atom. The van der Waals surface area contributed by atoms with Crippen molar-refractivity contribution in [1.29, 1.82) is 0 Å². The maximum atomic E-state index is 4.35. The molecule has 0 spiro atoms. The minimum atomic E-state index is 0.648. The maximum absolute atomic E-state index is 4.35. The number of hydrogen-bond donors (Lipinski definition) is 2. The number of nitrogens with one attached hydrogen (secondary N) is 2. The number of aryl methyl sites for hydroxylation is 1. The van der Waals surface area contributed by atoms with Crippen LogP contribution < -0.4 is 6.66 Å². The molecule has 2 heterocycles. The molecule has 0 amide bonds. The molecule has 0 unspecified atom stereocenters. The Labute approximate surface area is 125 Å². The average molecular weight is 523 g/mol. The fourth-order valence-corrected chi connectivity index (χ4v) is 2.13. The van der Waals surface area contributed by atoms with Crippen LogP contribution in [0.5, 0.6) is 0 Å². The average Bonchev–Trinajstić information content (AvgIpc) is 2.72. The Morgan fingerprint density at radius 1 is 1.38 bits per heavy atom. The Hall–Kier alpha value is -0.128. The second-order valence-electron chi connectivity index (χ2n) is 2.79. The second-order valence-corrected chi connectivity index (χ2v) is 4.46. The summed E-state index contributed by atoms with van der Waals surface area (Å²) in [6.07, 6.45) is 0. The number of nitrogens with zero attached hydrogens (tertiary/aromatic N) is 3. The van der Waals surface area contributed by atoms with Gasteiger partial charge in [0.05, 0.1) is 0 Å². The van der Waals surface area contributed by atoms with E-state index in [9.17, 15) is 0 Å². The molecule has 0 radical (unpaired) electrons. The summed E-state index contributed by atoms with van der Waals surface area (Å²) in [5, 5.41) is 4.35. The zero-order valence-electron chi connectivity index (χ0n) is 9.45. The van der Waals surface area contributed by atoms with Crippen molar-refractivity contribution in [2.45, 2.75) is 20.8 Å². The van der Waals surface area contributed by atoms with Gasteiger partial charge in [0, 0.05) is 0 Å². The van der Waals surface area contributed by atoms with Gasteiger partial charge in [-0.25, -0.2) is 0 Å². The van der Waals surface area contributed by atoms with Crippen LogP contribution in [0.25, 0.3) is 5.52 Å². The number of anilines is 2. The summed E-state index contributed by atoms with van der Waals surface area (Å²) in [7, 11) is 0. The van der Waals surface area contributed by atoms with Gasteiger partial charge in [-0.05, 0) is 0 Å². The number of halogens is 1. The third-order valence-electron chi connectivity index (χ3n) is 1.92. The van der Waals surface area contributed by atoms with Crippen LogP contribution in [0.2, 0.25) is 0 Å². The van der Waals surface area contributed by atoms with Gasteiger partial charge in [-0.15, -0.1) is 0 Å². The number of hydrogen-bond acceptors (Lipinski definition) is 4. The fourth-order valence-electron chi connectivity index (χ4n) is 1.25. The monoisotopic (exact) mass is 523 g/mol. The van der Waals surface area contributed by atoms with Crippen LogP contribution in [0.4, 0.5) is 11.8 Å². The molecule has 84 valence electrons. The molecule has 0 saturated carbocycles. The van der Waals surface area contributed by atoms with Gasteiger partial charge in [0.15, 0.2) is 0 Å². The predicted molar refractivity (Wildman–Crippen MR) is 76.1 cm³/mol. The molecule has 7 heteroatoms. The topological polar surface area (TPSA) is 54.2 Å². The summed E-state index contributed by atoms with van der Waals surface area (Å²) >= 11 is 2.72. The zero-order chi connectivity index (χ0) is 12.1. The van der Waals surface area contributed by atoms with Gasteiger partial charge in [0.1, 0.15) is 0 Å². The molecule has 0 bridgehead atoms. The van der Waals surface area contributed by atoms with Gasteiger partial charge >= 0.3 is 112 Å². The first-order valence-electron chi connectivity index (χ1n) is 4.96. The van der Waals surface area contributed by atoms with Crippen LogP contribution >= 0.6 is 22.9 Å². The van der Waals surface area contributed by atoms with E-state index in [4.69, 9.17) is 0 Å². The summed E-state index contributed by atoms with van der Waals surface area (Å²) in [6, 6.07) is 4.04. The quantitative estimate of drug-likeness (QED) is 0.361. The van der Waals surface area contributed by atoms with Gasteiger partial charge in [0.2, 0.25) is 0 Å². The minimum absolute atomic E-state index is 0.648. The summed E-state index contributed by atoms with van der Waals surface area (Å²) in [5.74, 6) is 1.53. The SMILES string of the molecule is CC.Cc1ccc2c(NI)nc([NH][Tl])nn12. The van der Waals surface area contributed by atoms with Crippen molar-refractivity contribution in [2.75, 3.05) is 6.66 Å². The summed E-state index contributed by atoms with van der Waals surface area (Å²) in [4.78, 5) is 4.33. The van der Waals surface area contributed by atoms with Crippen LogP contribution in [-0.4, -0.2) is 40.7 Å². The Morgan fingerprint density at radius 3 is 2.62 bits per heavy atom. The summed E-state index contributed by atoms with van der Waals surface area (Å²) < 4.78 is 8.01. The molecule has 0 aromatic carbocycles. The first kappa shape index (κ1) is 13.9. The molecule has 5 nitrogen and oxygen atoms in total. The van der Waals surface area contributed by atoms with E-state index in [0.717, 1.165) is 17.0 Å². The molecule has 0 aliphatic rings. The van der Waals surface area contributed by atoms with Crippen LogP contribution in [0.1, 0.15) is 19.5 Å². The van der Waals surface area contributed by atoms with Crippen molar-refractivity contribution < 1.29 is 0 Å². The first-order valence-corrected chi connectivity index (χ1v) is 8.28. The third kappa shape index (κ3) is 2.76. The van der Waals surface area contributed by atoms with E-state index in [-0.39, 0.29) is 0 Å². The van der Waals surface area contributed by atoms with E-state index in [1.54, 1.807) is 0 Å². The fraction of sp³-hybridized carbons (Fsp3) is 0.333. The van der Waals surface area contributed by atoms with E-state index < -0.39 is 0 Å². The molecule has 0 fully saturated rings. The molecule has 0 aliphatic heterocycles. The van der Waals surface area contributed by atoms with Crippen LogP contribution in [0.15, 0.2) is 12.1 Å². The van der Waals surface area contributed by atoms with E-state index >= 15 is 0 Å². The van der Waals surface area contributed by atoms with E-state index in [1.807, 2.05) is 37.4 Å². The van der Waals surface area contributed by atoms with Crippen LogP contribution in [0, 0.1) is 6.92 Å². The van der Waals surface area contributed by atoms with Gasteiger partial charge in [-0.3, -0.25) is 0 Å². The molecule has 2 aromatic rings. The standard InChI is InChI=1S/C7H7IN5.C2H6.Tl/c1-4-2-3-5-6(11-8)10-7(9)12-13(4)5;1-2;/h2-3H,1H3,(H2-,9,10,11,12);1-2H3;/q-1;;+1. The Bertz CT molecular complexity index is 470. The Kier molecular flexibility index (Phi) is 5.72. The van der Waals surface area contributed by atoms with Gasteiger partial charge < -0.3 is 0 Å². The number of aromatic nitrogens is 3. The summed E-state index contributed by atoms with van der Waals surface area (Å²) in [6.45, 7) is 6.02. The number of rotatable bonds is 2. The van der Waals surface area contributed by atoms with Crippen molar-refractivity contribution in [3.05, 3.63) is 17.8 Å². The molecule has 2 rings (SSSR count). The molecule has 0 aliphatic carbocycles. The molecular weight excluding hydrogens is 509 g/mol. The van der Waals surface area contributed by atoms with Crippen LogP contribution in [-0.2, 0) is 0 Å². The van der Waals surface area contributed by atoms with Crippen molar-refractivity contribution in [2.24, 2.45) is 0 Å². The van der Waals surface area contributed by atoms with E-state index in [0.29, 0.717) is 32.0 Å². The molecule has 2 aromatic heterocycles. The molecule has 0 saturated heterocycles. The molecule has 0 atom stereocenters. The second kappa shape index (κ2) is 6.57. The van der Waals surface area contributed by atoms with E-state index in [2.05, 4.69) is 39.6 Å². The van der Waals surface area contributed by atoms with Crippen LogP contribution in [0.3, 0.4) is 0 Å². The number of fused-ring (bicyclic) bond motifs is 1. The van der Waals surface area contributed by atoms with Crippen molar-refractivity contribution in [3.63, 3.8) is 0 Å². The molecular formula is C9H13IN5Tl. The van der Waals surface area contributed by atoms with Crippen molar-refractivity contribution in [1.82, 2.24) is 14.6 Å². The van der Waals surface area contributed by atoms with Crippen molar-refractivity contribution >= 4 is 66.2 Å².